The highest BCUT2D eigenvalue weighted by atomic mass is 16.5. The number of benzene rings is 1. The summed E-state index contributed by atoms with van der Waals surface area (Å²) in [6, 6.07) is 7.95. The number of carboxylic acids is 1. The van der Waals surface area contributed by atoms with E-state index in [0.717, 1.165) is 11.0 Å². The van der Waals surface area contributed by atoms with E-state index < -0.39 is 12.1 Å². The van der Waals surface area contributed by atoms with Gasteiger partial charge in [0.25, 0.3) is 6.01 Å². The number of hydrogen-bond donors (Lipinski definition) is 1. The van der Waals surface area contributed by atoms with Gasteiger partial charge in [-0.2, -0.15) is 4.98 Å². The Kier molecular flexibility index (Phi) is 1.50. The van der Waals surface area contributed by atoms with Crippen LogP contribution in [0.2, 0.25) is 0 Å². The minimum Gasteiger partial charge on any atom is -0.478 e. The molecule has 1 aliphatic heterocycles. The summed E-state index contributed by atoms with van der Waals surface area (Å²) >= 11 is 0. The molecule has 0 aliphatic carbocycles. The molecule has 2 heterocycles. The van der Waals surface area contributed by atoms with Gasteiger partial charge in [-0.3, -0.25) is 4.57 Å². The van der Waals surface area contributed by atoms with Gasteiger partial charge in [-0.15, -0.1) is 0 Å². The van der Waals surface area contributed by atoms with E-state index in [-0.39, 0.29) is 0 Å². The van der Waals surface area contributed by atoms with Gasteiger partial charge in [0, 0.05) is 0 Å². The third-order valence-electron chi connectivity index (χ3n) is 2.49. The van der Waals surface area contributed by atoms with Crippen LogP contribution in [0.1, 0.15) is 0 Å². The average molecular weight is 204 g/mol. The van der Waals surface area contributed by atoms with E-state index in [9.17, 15) is 4.79 Å². The van der Waals surface area contributed by atoms with E-state index in [1.54, 1.807) is 4.57 Å². The third-order valence-corrected chi connectivity index (χ3v) is 2.49. The SMILES string of the molecule is O=C(O)C1Cn2c(nc3ccccc32)O1. The van der Waals surface area contributed by atoms with E-state index in [4.69, 9.17) is 9.84 Å². The van der Waals surface area contributed by atoms with Crippen molar-refractivity contribution in [3.8, 4) is 6.01 Å². The Morgan fingerprint density at radius 3 is 3.13 bits per heavy atom. The number of aliphatic carboxylic acids is 1. The molecule has 0 radical (unpaired) electrons. The maximum Gasteiger partial charge on any atom is 0.346 e. The van der Waals surface area contributed by atoms with E-state index in [2.05, 4.69) is 4.98 Å². The van der Waals surface area contributed by atoms with Crippen LogP contribution < -0.4 is 4.74 Å². The van der Waals surface area contributed by atoms with Gasteiger partial charge >= 0.3 is 5.97 Å². The summed E-state index contributed by atoms with van der Waals surface area (Å²) in [5.41, 5.74) is 1.74. The summed E-state index contributed by atoms with van der Waals surface area (Å²) < 4.78 is 6.99. The lowest BCUT2D eigenvalue weighted by Crippen LogP contribution is -2.25. The first-order chi connectivity index (χ1) is 7.25. The highest BCUT2D eigenvalue weighted by Gasteiger charge is 2.31. The van der Waals surface area contributed by atoms with Crippen molar-refractivity contribution in [2.45, 2.75) is 12.6 Å². The van der Waals surface area contributed by atoms with Gasteiger partial charge < -0.3 is 9.84 Å². The number of carbonyl (C=O) groups is 1. The molecule has 1 N–H and O–H groups in total. The van der Waals surface area contributed by atoms with E-state index >= 15 is 0 Å². The van der Waals surface area contributed by atoms with Crippen LogP contribution >= 0.6 is 0 Å². The summed E-state index contributed by atoms with van der Waals surface area (Å²) in [6.45, 7) is 0.325. The lowest BCUT2D eigenvalue weighted by atomic mass is 10.3. The minimum absolute atomic E-state index is 0.325. The predicted molar refractivity (Wildman–Crippen MR) is 51.8 cm³/mol. The number of hydrogen-bond acceptors (Lipinski definition) is 3. The molecule has 3 rings (SSSR count). The zero-order valence-corrected chi connectivity index (χ0v) is 7.75. The molecule has 0 spiro atoms. The number of nitrogens with zero attached hydrogens (tertiary/aromatic N) is 2. The molecule has 1 aromatic heterocycles. The summed E-state index contributed by atoms with van der Waals surface area (Å²) in [7, 11) is 0. The van der Waals surface area contributed by atoms with Crippen LogP contribution in [0.25, 0.3) is 11.0 Å². The van der Waals surface area contributed by atoms with Gasteiger partial charge in [0.15, 0.2) is 0 Å². The molecule has 0 saturated heterocycles. The fourth-order valence-corrected chi connectivity index (χ4v) is 1.78. The molecule has 1 unspecified atom stereocenters. The van der Waals surface area contributed by atoms with Crippen molar-refractivity contribution in [3.63, 3.8) is 0 Å². The Hall–Kier alpha value is -2.04. The fourth-order valence-electron chi connectivity index (χ4n) is 1.78. The van der Waals surface area contributed by atoms with Crippen molar-refractivity contribution in [3.05, 3.63) is 24.3 Å². The number of fused-ring (bicyclic) bond motifs is 3. The maximum atomic E-state index is 10.7. The van der Waals surface area contributed by atoms with Gasteiger partial charge in [-0.05, 0) is 12.1 Å². The number of ether oxygens (including phenoxy) is 1. The Morgan fingerprint density at radius 1 is 1.53 bits per heavy atom. The highest BCUT2D eigenvalue weighted by molar-refractivity contribution is 5.79. The van der Waals surface area contributed by atoms with E-state index in [1.165, 1.54) is 0 Å². The zero-order valence-electron chi connectivity index (χ0n) is 7.75. The van der Waals surface area contributed by atoms with Crippen molar-refractivity contribution >= 4 is 17.0 Å². The Morgan fingerprint density at radius 2 is 2.33 bits per heavy atom. The minimum atomic E-state index is -0.954. The van der Waals surface area contributed by atoms with Crippen LogP contribution in [-0.2, 0) is 11.3 Å². The molecule has 15 heavy (non-hydrogen) atoms. The topological polar surface area (TPSA) is 64.3 Å². The second-order valence-corrected chi connectivity index (χ2v) is 3.44. The largest absolute Gasteiger partial charge is 0.478 e. The fraction of sp³-hybridized carbons (Fsp3) is 0.200. The number of rotatable bonds is 1. The predicted octanol–water partition coefficient (Wildman–Crippen LogP) is 0.882. The lowest BCUT2D eigenvalue weighted by molar-refractivity contribution is -0.144. The van der Waals surface area contributed by atoms with Crippen LogP contribution in [0.3, 0.4) is 0 Å². The summed E-state index contributed by atoms with van der Waals surface area (Å²) in [6.07, 6.45) is -0.808. The Labute approximate surface area is 84.9 Å². The molecule has 0 bridgehead atoms. The van der Waals surface area contributed by atoms with Crippen molar-refractivity contribution < 1.29 is 14.6 Å². The molecule has 2 aromatic rings. The number of imidazole rings is 1. The first kappa shape index (κ1) is 8.28. The number of para-hydroxylation sites is 2. The first-order valence-corrected chi connectivity index (χ1v) is 4.60. The van der Waals surface area contributed by atoms with Crippen LogP contribution in [0.15, 0.2) is 24.3 Å². The molecule has 5 heteroatoms. The van der Waals surface area contributed by atoms with E-state index in [0.29, 0.717) is 12.6 Å². The smallest absolute Gasteiger partial charge is 0.346 e. The quantitative estimate of drug-likeness (QED) is 0.748. The molecular weight excluding hydrogens is 196 g/mol. The molecule has 1 aromatic carbocycles. The van der Waals surface area contributed by atoms with Crippen molar-refractivity contribution in [1.29, 1.82) is 0 Å². The molecule has 1 aliphatic rings. The summed E-state index contributed by atoms with van der Waals surface area (Å²) in [5.74, 6) is -0.954. The maximum absolute atomic E-state index is 10.7. The van der Waals surface area contributed by atoms with Crippen molar-refractivity contribution in [1.82, 2.24) is 9.55 Å². The van der Waals surface area contributed by atoms with Gasteiger partial charge in [0.2, 0.25) is 6.10 Å². The molecular formula is C10H8N2O3. The van der Waals surface area contributed by atoms with Crippen LogP contribution in [0.5, 0.6) is 6.01 Å². The highest BCUT2D eigenvalue weighted by Crippen LogP contribution is 2.27. The van der Waals surface area contributed by atoms with Gasteiger partial charge in [0.1, 0.15) is 0 Å². The second-order valence-electron chi connectivity index (χ2n) is 3.44. The van der Waals surface area contributed by atoms with Crippen LogP contribution in [0, 0.1) is 0 Å². The molecule has 0 saturated carbocycles. The normalized spacial score (nSPS) is 18.8. The van der Waals surface area contributed by atoms with Gasteiger partial charge in [-0.25, -0.2) is 4.79 Å². The molecule has 5 nitrogen and oxygen atoms in total. The average Bonchev–Trinajstić information content (AvgIpc) is 2.73. The standard InChI is InChI=1S/C10H8N2O3/c13-9(14)8-5-12-7-4-2-1-3-6(7)11-10(12)15-8/h1-4,8H,5H2,(H,13,14). The third kappa shape index (κ3) is 1.09. The van der Waals surface area contributed by atoms with Crippen LogP contribution in [0.4, 0.5) is 0 Å². The monoisotopic (exact) mass is 204 g/mol. The van der Waals surface area contributed by atoms with Crippen LogP contribution in [-0.4, -0.2) is 26.7 Å². The number of aromatic nitrogens is 2. The zero-order chi connectivity index (χ0) is 10.4. The van der Waals surface area contributed by atoms with Crippen molar-refractivity contribution in [2.24, 2.45) is 0 Å². The molecule has 1 atom stereocenters. The number of carboxylic acid groups (broad SMARTS) is 1. The van der Waals surface area contributed by atoms with Gasteiger partial charge in [0.05, 0.1) is 17.6 Å². The molecule has 0 amide bonds. The second kappa shape index (κ2) is 2.73. The first-order valence-electron chi connectivity index (χ1n) is 4.60. The summed E-state index contributed by atoms with van der Waals surface area (Å²) in [5, 5.41) is 8.81. The molecule has 0 fully saturated rings. The molecule has 76 valence electrons. The van der Waals surface area contributed by atoms with Crippen molar-refractivity contribution in [2.75, 3.05) is 0 Å². The lowest BCUT2D eigenvalue weighted by Gasteiger charge is -2.01. The Balaban J connectivity index is 2.12. The Bertz CT molecular complexity index is 547. The van der Waals surface area contributed by atoms with Gasteiger partial charge in [-0.1, -0.05) is 12.1 Å². The summed E-state index contributed by atoms with van der Waals surface area (Å²) in [4.78, 5) is 14.9. The van der Waals surface area contributed by atoms with E-state index in [1.807, 2.05) is 24.3 Å².